The van der Waals surface area contributed by atoms with Gasteiger partial charge in [-0.2, -0.15) is 5.10 Å². The number of benzene rings is 1. The van der Waals surface area contributed by atoms with Crippen molar-refractivity contribution in [2.45, 2.75) is 52.1 Å². The SMILES string of the molecule is CCNC(=NCc1c(C)nn(CCOC)c1C)NCC1(c2ccccc2F)CC1. The van der Waals surface area contributed by atoms with E-state index in [-0.39, 0.29) is 11.2 Å². The molecule has 1 aromatic heterocycles. The van der Waals surface area contributed by atoms with E-state index in [1.165, 1.54) is 0 Å². The smallest absolute Gasteiger partial charge is 0.191 e. The number of aryl methyl sites for hydroxylation is 1. The molecule has 2 aromatic rings. The number of hydrogen-bond donors (Lipinski definition) is 2. The van der Waals surface area contributed by atoms with Gasteiger partial charge < -0.3 is 15.4 Å². The highest BCUT2D eigenvalue weighted by Gasteiger charge is 2.45. The molecule has 1 saturated carbocycles. The lowest BCUT2D eigenvalue weighted by Gasteiger charge is -2.19. The van der Waals surface area contributed by atoms with Gasteiger partial charge in [-0.05, 0) is 45.2 Å². The number of halogens is 1. The normalized spacial score (nSPS) is 15.4. The minimum absolute atomic E-state index is 0.122. The zero-order chi connectivity index (χ0) is 20.9. The first kappa shape index (κ1) is 21.3. The van der Waals surface area contributed by atoms with E-state index >= 15 is 0 Å². The summed E-state index contributed by atoms with van der Waals surface area (Å²) >= 11 is 0. The van der Waals surface area contributed by atoms with Crippen LogP contribution in [0.2, 0.25) is 0 Å². The average molecular weight is 402 g/mol. The Balaban J connectivity index is 1.68. The predicted molar refractivity (Wildman–Crippen MR) is 114 cm³/mol. The summed E-state index contributed by atoms with van der Waals surface area (Å²) in [6.07, 6.45) is 1.98. The lowest BCUT2D eigenvalue weighted by molar-refractivity contribution is 0.182. The lowest BCUT2D eigenvalue weighted by atomic mass is 9.95. The Morgan fingerprint density at radius 1 is 1.28 bits per heavy atom. The van der Waals surface area contributed by atoms with Gasteiger partial charge in [-0.25, -0.2) is 9.38 Å². The molecule has 0 bridgehead atoms. The summed E-state index contributed by atoms with van der Waals surface area (Å²) in [5, 5.41) is 11.3. The van der Waals surface area contributed by atoms with Crippen LogP contribution in [0.1, 0.15) is 42.3 Å². The molecule has 1 fully saturated rings. The van der Waals surface area contributed by atoms with Crippen LogP contribution in [0.15, 0.2) is 29.3 Å². The zero-order valence-electron chi connectivity index (χ0n) is 17.9. The summed E-state index contributed by atoms with van der Waals surface area (Å²) in [7, 11) is 1.69. The largest absolute Gasteiger partial charge is 0.383 e. The minimum Gasteiger partial charge on any atom is -0.383 e. The number of guanidine groups is 1. The monoisotopic (exact) mass is 401 g/mol. The van der Waals surface area contributed by atoms with E-state index < -0.39 is 0 Å². The van der Waals surface area contributed by atoms with Gasteiger partial charge in [-0.15, -0.1) is 0 Å². The summed E-state index contributed by atoms with van der Waals surface area (Å²) < 4.78 is 21.4. The van der Waals surface area contributed by atoms with Crippen molar-refractivity contribution in [3.05, 3.63) is 52.6 Å². The summed E-state index contributed by atoms with van der Waals surface area (Å²) in [4.78, 5) is 4.76. The molecule has 1 aliphatic carbocycles. The van der Waals surface area contributed by atoms with Crippen LogP contribution in [0.25, 0.3) is 0 Å². The summed E-state index contributed by atoms with van der Waals surface area (Å²) in [6.45, 7) is 9.47. The van der Waals surface area contributed by atoms with Gasteiger partial charge in [0, 0.05) is 36.9 Å². The molecule has 29 heavy (non-hydrogen) atoms. The van der Waals surface area contributed by atoms with E-state index in [1.807, 2.05) is 30.7 Å². The molecule has 1 heterocycles. The van der Waals surface area contributed by atoms with Crippen LogP contribution < -0.4 is 10.6 Å². The van der Waals surface area contributed by atoms with Crippen LogP contribution in [-0.2, 0) is 23.2 Å². The van der Waals surface area contributed by atoms with Crippen LogP contribution in [0.3, 0.4) is 0 Å². The highest BCUT2D eigenvalue weighted by Crippen LogP contribution is 2.48. The van der Waals surface area contributed by atoms with Crippen LogP contribution in [-0.4, -0.2) is 42.5 Å². The zero-order valence-corrected chi connectivity index (χ0v) is 17.9. The van der Waals surface area contributed by atoms with Gasteiger partial charge in [0.1, 0.15) is 5.82 Å². The Morgan fingerprint density at radius 3 is 2.69 bits per heavy atom. The van der Waals surface area contributed by atoms with Crippen molar-refractivity contribution in [1.82, 2.24) is 20.4 Å². The Labute approximate surface area is 172 Å². The molecule has 0 amide bonds. The topological polar surface area (TPSA) is 63.5 Å². The summed E-state index contributed by atoms with van der Waals surface area (Å²) in [5.41, 5.74) is 3.91. The maximum absolute atomic E-state index is 14.3. The average Bonchev–Trinajstić information content (AvgIpc) is 3.44. The van der Waals surface area contributed by atoms with Gasteiger partial charge >= 0.3 is 0 Å². The van der Waals surface area contributed by atoms with E-state index in [1.54, 1.807) is 19.2 Å². The second-order valence-electron chi connectivity index (χ2n) is 7.67. The molecule has 1 aliphatic rings. The fraction of sp³-hybridized carbons (Fsp3) is 0.545. The predicted octanol–water partition coefficient (Wildman–Crippen LogP) is 3.07. The Morgan fingerprint density at radius 2 is 2.03 bits per heavy atom. The van der Waals surface area contributed by atoms with Crippen molar-refractivity contribution in [2.75, 3.05) is 26.8 Å². The minimum atomic E-state index is -0.127. The number of methoxy groups -OCH3 is 1. The molecule has 6 nitrogen and oxygen atoms in total. The van der Waals surface area contributed by atoms with Gasteiger partial charge in [0.2, 0.25) is 0 Å². The third-order valence-electron chi connectivity index (χ3n) is 5.67. The third kappa shape index (κ3) is 4.96. The fourth-order valence-corrected chi connectivity index (χ4v) is 3.69. The van der Waals surface area contributed by atoms with E-state index in [2.05, 4.69) is 22.7 Å². The summed E-state index contributed by atoms with van der Waals surface area (Å²) in [6, 6.07) is 7.09. The van der Waals surface area contributed by atoms with Crippen molar-refractivity contribution in [1.29, 1.82) is 0 Å². The Kier molecular flexibility index (Phi) is 6.90. The van der Waals surface area contributed by atoms with Crippen molar-refractivity contribution in [3.8, 4) is 0 Å². The van der Waals surface area contributed by atoms with E-state index in [0.717, 1.165) is 54.4 Å². The van der Waals surface area contributed by atoms with Gasteiger partial charge in [0.05, 0.1) is 25.4 Å². The van der Waals surface area contributed by atoms with Crippen molar-refractivity contribution >= 4 is 5.96 Å². The number of hydrogen-bond acceptors (Lipinski definition) is 3. The number of rotatable bonds is 9. The highest BCUT2D eigenvalue weighted by atomic mass is 19.1. The number of nitrogens with zero attached hydrogens (tertiary/aromatic N) is 3. The molecular formula is C22H32FN5O. The van der Waals surface area contributed by atoms with Gasteiger partial charge in [0.25, 0.3) is 0 Å². The van der Waals surface area contributed by atoms with E-state index in [9.17, 15) is 4.39 Å². The molecule has 0 spiro atoms. The molecule has 0 unspecified atom stereocenters. The lowest BCUT2D eigenvalue weighted by Crippen LogP contribution is -2.41. The van der Waals surface area contributed by atoms with Gasteiger partial charge in [-0.1, -0.05) is 18.2 Å². The second kappa shape index (κ2) is 9.39. The Hall–Kier alpha value is -2.41. The van der Waals surface area contributed by atoms with Crippen molar-refractivity contribution in [2.24, 2.45) is 4.99 Å². The first-order valence-corrected chi connectivity index (χ1v) is 10.3. The van der Waals surface area contributed by atoms with Gasteiger partial charge in [-0.3, -0.25) is 4.68 Å². The molecule has 7 heteroatoms. The van der Waals surface area contributed by atoms with E-state index in [4.69, 9.17) is 9.73 Å². The molecule has 1 aromatic carbocycles. The first-order chi connectivity index (χ1) is 14.0. The quantitative estimate of drug-likeness (QED) is 0.501. The molecule has 158 valence electrons. The highest BCUT2D eigenvalue weighted by molar-refractivity contribution is 5.80. The van der Waals surface area contributed by atoms with Gasteiger partial charge in [0.15, 0.2) is 5.96 Å². The number of ether oxygens (including phenoxy) is 1. The fourth-order valence-electron chi connectivity index (χ4n) is 3.69. The Bertz CT molecular complexity index is 857. The molecule has 0 saturated heterocycles. The molecular weight excluding hydrogens is 369 g/mol. The van der Waals surface area contributed by atoms with Crippen LogP contribution in [0.5, 0.6) is 0 Å². The number of aliphatic imine (C=N–C) groups is 1. The van der Waals surface area contributed by atoms with Crippen molar-refractivity contribution in [3.63, 3.8) is 0 Å². The molecule has 0 aliphatic heterocycles. The standard InChI is InChI=1S/C22H32FN5O/c1-5-24-21(25-14-18-16(2)27-28(17(18)3)12-13-29-4)26-15-22(10-11-22)19-8-6-7-9-20(19)23/h6-9H,5,10-15H2,1-4H3,(H2,24,25,26). The third-order valence-corrected chi connectivity index (χ3v) is 5.67. The van der Waals surface area contributed by atoms with Crippen LogP contribution in [0.4, 0.5) is 4.39 Å². The maximum Gasteiger partial charge on any atom is 0.191 e. The summed E-state index contributed by atoms with van der Waals surface area (Å²) in [5.74, 6) is 0.627. The van der Waals surface area contributed by atoms with Crippen LogP contribution in [0, 0.1) is 19.7 Å². The van der Waals surface area contributed by atoms with Crippen molar-refractivity contribution < 1.29 is 9.13 Å². The number of nitrogens with one attached hydrogen (secondary N) is 2. The molecule has 0 atom stereocenters. The first-order valence-electron chi connectivity index (χ1n) is 10.3. The second-order valence-corrected chi connectivity index (χ2v) is 7.67. The molecule has 3 rings (SSSR count). The van der Waals surface area contributed by atoms with E-state index in [0.29, 0.717) is 19.7 Å². The molecule has 2 N–H and O–H groups in total. The number of aromatic nitrogens is 2. The van der Waals surface area contributed by atoms with Crippen LogP contribution >= 0.6 is 0 Å². The maximum atomic E-state index is 14.3. The molecule has 0 radical (unpaired) electrons.